The monoisotopic (exact) mass is 310 g/mol. The number of nitrogens with zero attached hydrogens (tertiary/aromatic N) is 3. The molecule has 0 saturated heterocycles. The highest BCUT2D eigenvalue weighted by molar-refractivity contribution is 7.92. The van der Waals surface area contributed by atoms with E-state index in [1.807, 2.05) is 0 Å². The van der Waals surface area contributed by atoms with E-state index >= 15 is 0 Å². The number of carboxylic acid groups (broad SMARTS) is 1. The predicted octanol–water partition coefficient (Wildman–Crippen LogP) is 1.06. The molecule has 112 valence electrons. The average Bonchev–Trinajstić information content (AvgIpc) is 3.01. The zero-order valence-electron chi connectivity index (χ0n) is 11.2. The minimum absolute atomic E-state index is 0.0112. The lowest BCUT2D eigenvalue weighted by Crippen LogP contribution is -2.14. The molecule has 2 N–H and O–H groups in total. The third-order valence-electron chi connectivity index (χ3n) is 3.35. The molecule has 0 amide bonds. The molecular formula is C12H14N4O4S. The molecule has 8 nitrogen and oxygen atoms in total. The average molecular weight is 310 g/mol. The van der Waals surface area contributed by atoms with E-state index in [-0.39, 0.29) is 16.6 Å². The molecule has 2 heterocycles. The zero-order chi connectivity index (χ0) is 15.2. The van der Waals surface area contributed by atoms with E-state index in [0.29, 0.717) is 5.82 Å². The van der Waals surface area contributed by atoms with Crippen LogP contribution in [0.15, 0.2) is 29.4 Å². The van der Waals surface area contributed by atoms with Gasteiger partial charge in [0.15, 0.2) is 0 Å². The van der Waals surface area contributed by atoms with Crippen molar-refractivity contribution in [1.82, 2.24) is 14.3 Å². The Balaban J connectivity index is 1.97. The van der Waals surface area contributed by atoms with Crippen LogP contribution in [0.3, 0.4) is 0 Å². The second kappa shape index (κ2) is 4.62. The molecule has 0 atom stereocenters. The van der Waals surface area contributed by atoms with Crippen LogP contribution < -0.4 is 4.72 Å². The highest BCUT2D eigenvalue weighted by Crippen LogP contribution is 2.37. The summed E-state index contributed by atoms with van der Waals surface area (Å²) >= 11 is 0. The van der Waals surface area contributed by atoms with Crippen molar-refractivity contribution in [1.29, 1.82) is 0 Å². The van der Waals surface area contributed by atoms with Crippen molar-refractivity contribution < 1.29 is 18.3 Å². The van der Waals surface area contributed by atoms with Crippen LogP contribution in [-0.4, -0.2) is 33.8 Å². The Kier molecular flexibility index (Phi) is 3.01. The first kappa shape index (κ1) is 13.7. The number of carbonyl (C=O) groups is 1. The zero-order valence-corrected chi connectivity index (χ0v) is 12.0. The first-order valence-electron chi connectivity index (χ1n) is 6.34. The van der Waals surface area contributed by atoms with Gasteiger partial charge in [-0.25, -0.2) is 13.2 Å². The maximum atomic E-state index is 12.3. The van der Waals surface area contributed by atoms with E-state index in [2.05, 4.69) is 9.82 Å². The summed E-state index contributed by atoms with van der Waals surface area (Å²) in [4.78, 5) is 11.2. The smallest absolute Gasteiger partial charge is 0.352 e. The van der Waals surface area contributed by atoms with Crippen molar-refractivity contribution in [2.24, 2.45) is 7.05 Å². The van der Waals surface area contributed by atoms with E-state index in [1.54, 1.807) is 7.05 Å². The molecule has 0 unspecified atom stereocenters. The molecule has 1 fully saturated rings. The summed E-state index contributed by atoms with van der Waals surface area (Å²) in [5, 5.41) is 13.0. The fourth-order valence-corrected chi connectivity index (χ4v) is 3.21. The van der Waals surface area contributed by atoms with Gasteiger partial charge in [0.25, 0.3) is 10.0 Å². The van der Waals surface area contributed by atoms with E-state index in [4.69, 9.17) is 0 Å². The Hall–Kier alpha value is -2.29. The topological polar surface area (TPSA) is 106 Å². The highest BCUT2D eigenvalue weighted by Gasteiger charge is 2.30. The summed E-state index contributed by atoms with van der Waals surface area (Å²) in [6, 6.07) is 2.78. The van der Waals surface area contributed by atoms with Gasteiger partial charge in [-0.15, -0.1) is 0 Å². The minimum Gasteiger partial charge on any atom is -0.477 e. The molecule has 2 aromatic heterocycles. The lowest BCUT2D eigenvalue weighted by molar-refractivity contribution is 0.0685. The number of hydrogen-bond acceptors (Lipinski definition) is 4. The molecule has 0 spiro atoms. The highest BCUT2D eigenvalue weighted by atomic mass is 32.2. The first-order chi connectivity index (χ1) is 9.88. The van der Waals surface area contributed by atoms with Crippen LogP contribution in [0.5, 0.6) is 0 Å². The first-order valence-corrected chi connectivity index (χ1v) is 7.83. The van der Waals surface area contributed by atoms with Gasteiger partial charge >= 0.3 is 5.97 Å². The molecule has 2 aromatic rings. The molecule has 0 aliphatic heterocycles. The summed E-state index contributed by atoms with van der Waals surface area (Å²) in [7, 11) is -2.23. The molecule has 1 aliphatic rings. The molecule has 0 radical (unpaired) electrons. The van der Waals surface area contributed by atoms with Crippen LogP contribution in [0.2, 0.25) is 0 Å². The van der Waals surface area contributed by atoms with Gasteiger partial charge in [-0.3, -0.25) is 9.40 Å². The molecular weight excluding hydrogens is 296 g/mol. The Morgan fingerprint density at radius 3 is 2.71 bits per heavy atom. The Labute approximate surface area is 121 Å². The molecule has 9 heteroatoms. The molecule has 0 bridgehead atoms. The van der Waals surface area contributed by atoms with Crippen LogP contribution in [0.4, 0.5) is 5.82 Å². The van der Waals surface area contributed by atoms with Crippen molar-refractivity contribution >= 4 is 21.8 Å². The van der Waals surface area contributed by atoms with Gasteiger partial charge in [0.05, 0.1) is 6.20 Å². The van der Waals surface area contributed by atoms with Gasteiger partial charge in [-0.05, 0) is 18.9 Å². The maximum absolute atomic E-state index is 12.3. The van der Waals surface area contributed by atoms with Crippen LogP contribution in [0.25, 0.3) is 0 Å². The number of aromatic nitrogens is 3. The molecule has 1 saturated carbocycles. The number of rotatable bonds is 5. The fraction of sp³-hybridized carbons (Fsp3) is 0.333. The van der Waals surface area contributed by atoms with Crippen LogP contribution in [-0.2, 0) is 17.1 Å². The predicted molar refractivity (Wildman–Crippen MR) is 73.7 cm³/mol. The molecule has 0 aromatic carbocycles. The maximum Gasteiger partial charge on any atom is 0.352 e. The number of sulfonamides is 1. The number of carboxylic acids is 1. The third-order valence-corrected chi connectivity index (χ3v) is 4.67. The lowest BCUT2D eigenvalue weighted by Gasteiger charge is -2.06. The van der Waals surface area contributed by atoms with E-state index in [1.165, 1.54) is 33.8 Å². The Bertz CT molecular complexity index is 801. The van der Waals surface area contributed by atoms with Crippen LogP contribution in [0.1, 0.15) is 29.4 Å². The van der Waals surface area contributed by atoms with Gasteiger partial charge < -0.3 is 9.67 Å². The summed E-state index contributed by atoms with van der Waals surface area (Å²) in [6.45, 7) is 0. The summed E-state index contributed by atoms with van der Waals surface area (Å²) in [5.41, 5.74) is -0.0112. The summed E-state index contributed by atoms with van der Waals surface area (Å²) in [6.07, 6.45) is 4.57. The summed E-state index contributed by atoms with van der Waals surface area (Å²) in [5.74, 6) is -0.824. The van der Waals surface area contributed by atoms with Gasteiger partial charge in [0.2, 0.25) is 0 Å². The van der Waals surface area contributed by atoms with Crippen LogP contribution >= 0.6 is 0 Å². The normalized spacial score (nSPS) is 15.1. The number of hydrogen-bond donors (Lipinski definition) is 2. The minimum atomic E-state index is -3.84. The van der Waals surface area contributed by atoms with Crippen molar-refractivity contribution in [3.8, 4) is 0 Å². The number of anilines is 1. The Morgan fingerprint density at radius 2 is 2.19 bits per heavy atom. The molecule has 21 heavy (non-hydrogen) atoms. The van der Waals surface area contributed by atoms with Crippen molar-refractivity contribution in [2.45, 2.75) is 23.8 Å². The standard InChI is InChI=1S/C12H14N4O4S/c1-15-11(4-5-13-15)14-21(19,20)9-6-10(12(17)18)16(7-9)8-2-3-8/h4-8,14H,2-3H2,1H3,(H,17,18). The van der Waals surface area contributed by atoms with Crippen molar-refractivity contribution in [3.63, 3.8) is 0 Å². The number of nitrogens with one attached hydrogen (secondary N) is 1. The van der Waals surface area contributed by atoms with Crippen molar-refractivity contribution in [2.75, 3.05) is 4.72 Å². The van der Waals surface area contributed by atoms with Crippen LogP contribution in [0, 0.1) is 0 Å². The Morgan fingerprint density at radius 1 is 1.48 bits per heavy atom. The number of aromatic carboxylic acids is 1. The lowest BCUT2D eigenvalue weighted by atomic mass is 10.4. The van der Waals surface area contributed by atoms with Gasteiger partial charge in [-0.2, -0.15) is 5.10 Å². The SMILES string of the molecule is Cn1nccc1NS(=O)(=O)c1cc(C(=O)O)n(C2CC2)c1. The van der Waals surface area contributed by atoms with E-state index < -0.39 is 16.0 Å². The summed E-state index contributed by atoms with van der Waals surface area (Å²) < 4.78 is 29.9. The third kappa shape index (κ3) is 2.51. The quantitative estimate of drug-likeness (QED) is 0.858. The molecule has 1 aliphatic carbocycles. The number of aryl methyl sites for hydroxylation is 1. The van der Waals surface area contributed by atoms with Gasteiger partial charge in [-0.1, -0.05) is 0 Å². The largest absolute Gasteiger partial charge is 0.477 e. The van der Waals surface area contributed by atoms with Gasteiger partial charge in [0, 0.05) is 25.4 Å². The molecule has 3 rings (SSSR count). The van der Waals surface area contributed by atoms with Crippen molar-refractivity contribution in [3.05, 3.63) is 30.2 Å². The fourth-order valence-electron chi connectivity index (χ4n) is 2.10. The van der Waals surface area contributed by atoms with E-state index in [0.717, 1.165) is 12.8 Å². The second-order valence-corrected chi connectivity index (χ2v) is 6.63. The van der Waals surface area contributed by atoms with Gasteiger partial charge in [0.1, 0.15) is 16.4 Å². The second-order valence-electron chi connectivity index (χ2n) is 4.95. The van der Waals surface area contributed by atoms with E-state index in [9.17, 15) is 18.3 Å².